The zero-order chi connectivity index (χ0) is 28.7. The van der Waals surface area contributed by atoms with Gasteiger partial charge in [0.05, 0.1) is 0 Å². The molecule has 0 aliphatic carbocycles. The number of hydrogen-bond donors (Lipinski definition) is 0. The number of alkyl halides is 9. The minimum absolute atomic E-state index is 0.00953. The second kappa shape index (κ2) is 9.95. The molecule has 210 valence electrons. The number of hydrogen-bond acceptors (Lipinski definition) is 9. The van der Waals surface area contributed by atoms with Crippen molar-refractivity contribution in [2.75, 3.05) is 0 Å². The van der Waals surface area contributed by atoms with Crippen LogP contribution in [0.3, 0.4) is 0 Å². The van der Waals surface area contributed by atoms with Crippen LogP contribution in [0.1, 0.15) is 20.8 Å². The molecule has 0 N–H and O–H groups in total. The summed E-state index contributed by atoms with van der Waals surface area (Å²) in [7, 11) is -17.1. The smallest absolute Gasteiger partial charge is 0.382 e. The molecule has 0 bridgehead atoms. The Kier molecular flexibility index (Phi) is 8.81. The van der Waals surface area contributed by atoms with E-state index >= 15 is 0 Å². The summed E-state index contributed by atoms with van der Waals surface area (Å²) in [5.41, 5.74) is 0. The Hall–Kier alpha value is -2.16. The van der Waals surface area contributed by atoms with Crippen LogP contribution in [0.5, 0.6) is 17.2 Å². The largest absolute Gasteiger partial charge is 0.408 e. The van der Waals surface area contributed by atoms with Crippen molar-refractivity contribution in [2.24, 2.45) is 0 Å². The Labute approximate surface area is 198 Å². The lowest BCUT2D eigenvalue weighted by Gasteiger charge is -2.21. The standard InChI is InChI=1S/C15H15F9O9S3/c1-7(13(16,17)18)34(25,26)31-10-4-5-11(32-35(27,28)8(2)14(19,20)21)12(6-10)33-36(29,30)9(3)15(22,23)24/h4-9H,1-3H3. The van der Waals surface area contributed by atoms with Gasteiger partial charge < -0.3 is 12.5 Å². The molecule has 0 radical (unpaired) electrons. The summed E-state index contributed by atoms with van der Waals surface area (Å²) < 4.78 is 199. The number of rotatable bonds is 9. The van der Waals surface area contributed by atoms with Gasteiger partial charge in [0, 0.05) is 6.07 Å². The lowest BCUT2D eigenvalue weighted by Crippen LogP contribution is -2.37. The molecule has 1 aromatic rings. The van der Waals surface area contributed by atoms with Crippen LogP contribution in [0.25, 0.3) is 0 Å². The van der Waals surface area contributed by atoms with Gasteiger partial charge in [-0.25, -0.2) is 0 Å². The first-order chi connectivity index (χ1) is 15.7. The second-order valence-electron chi connectivity index (χ2n) is 6.89. The van der Waals surface area contributed by atoms with E-state index in [2.05, 4.69) is 12.5 Å². The third-order valence-corrected chi connectivity index (χ3v) is 8.87. The zero-order valence-corrected chi connectivity index (χ0v) is 20.2. The van der Waals surface area contributed by atoms with E-state index in [9.17, 15) is 64.8 Å². The normalized spacial score (nSPS) is 16.7. The predicted octanol–water partition coefficient (Wildman–Crippen LogP) is 3.66. The Bertz CT molecular complexity index is 1270. The maximum Gasteiger partial charge on any atom is 0.408 e. The van der Waals surface area contributed by atoms with Gasteiger partial charge in [-0.2, -0.15) is 64.8 Å². The molecule has 0 aromatic heterocycles. The average molecular weight is 606 g/mol. The first kappa shape index (κ1) is 31.9. The van der Waals surface area contributed by atoms with Gasteiger partial charge in [0.15, 0.2) is 27.2 Å². The molecule has 21 heteroatoms. The molecule has 1 aromatic carbocycles. The summed E-state index contributed by atoms with van der Waals surface area (Å²) in [4.78, 5) is 0. The summed E-state index contributed by atoms with van der Waals surface area (Å²) in [6.07, 6.45) is -16.3. The summed E-state index contributed by atoms with van der Waals surface area (Å²) in [6, 6.07) is 0.494. The molecule has 0 saturated heterocycles. The quantitative estimate of drug-likeness (QED) is 0.305. The molecular weight excluding hydrogens is 591 g/mol. The van der Waals surface area contributed by atoms with Crippen LogP contribution in [0.4, 0.5) is 39.5 Å². The van der Waals surface area contributed by atoms with Gasteiger partial charge in [0.1, 0.15) is 5.75 Å². The molecule has 0 heterocycles. The first-order valence-electron chi connectivity index (χ1n) is 8.86. The van der Waals surface area contributed by atoms with Gasteiger partial charge in [-0.15, -0.1) is 0 Å². The van der Waals surface area contributed by atoms with E-state index in [0.29, 0.717) is 6.07 Å². The van der Waals surface area contributed by atoms with Crippen LogP contribution in [-0.2, 0) is 30.4 Å². The van der Waals surface area contributed by atoms with Crippen molar-refractivity contribution in [1.82, 2.24) is 0 Å². The van der Waals surface area contributed by atoms with Crippen LogP contribution in [0.2, 0.25) is 0 Å². The van der Waals surface area contributed by atoms with Crippen LogP contribution >= 0.6 is 0 Å². The van der Waals surface area contributed by atoms with Crippen LogP contribution in [0.15, 0.2) is 18.2 Å². The summed E-state index contributed by atoms with van der Waals surface area (Å²) in [5.74, 6) is -4.38. The topological polar surface area (TPSA) is 130 Å². The average Bonchev–Trinajstić information content (AvgIpc) is 2.65. The van der Waals surface area contributed by atoms with Crippen LogP contribution in [-0.4, -0.2) is 59.5 Å². The van der Waals surface area contributed by atoms with E-state index in [1.165, 1.54) is 0 Å². The van der Waals surface area contributed by atoms with Gasteiger partial charge >= 0.3 is 48.9 Å². The fourth-order valence-corrected chi connectivity index (χ4v) is 4.32. The Balaban J connectivity index is 3.62. The van der Waals surface area contributed by atoms with E-state index < -0.39 is 81.9 Å². The Morgan fingerprint density at radius 1 is 0.556 bits per heavy atom. The van der Waals surface area contributed by atoms with Crippen molar-refractivity contribution < 1.29 is 77.3 Å². The van der Waals surface area contributed by atoms with Gasteiger partial charge in [-0.3, -0.25) is 0 Å². The minimum Gasteiger partial charge on any atom is -0.382 e. The van der Waals surface area contributed by atoms with Crippen LogP contribution < -0.4 is 12.5 Å². The van der Waals surface area contributed by atoms with E-state index in [0.717, 1.165) is 0 Å². The molecule has 0 spiro atoms. The second-order valence-corrected chi connectivity index (χ2v) is 12.5. The number of halogens is 9. The predicted molar refractivity (Wildman–Crippen MR) is 102 cm³/mol. The zero-order valence-electron chi connectivity index (χ0n) is 17.8. The highest BCUT2D eigenvalue weighted by Gasteiger charge is 2.49. The van der Waals surface area contributed by atoms with Crippen molar-refractivity contribution in [3.63, 3.8) is 0 Å². The van der Waals surface area contributed by atoms with Crippen molar-refractivity contribution in [2.45, 2.75) is 55.0 Å². The van der Waals surface area contributed by atoms with Gasteiger partial charge in [0.25, 0.3) is 0 Å². The molecule has 0 fully saturated rings. The molecule has 0 amide bonds. The van der Waals surface area contributed by atoms with E-state index in [4.69, 9.17) is 0 Å². The monoisotopic (exact) mass is 606 g/mol. The number of benzene rings is 1. The third-order valence-electron chi connectivity index (χ3n) is 4.22. The minimum atomic E-state index is -5.80. The molecule has 9 nitrogen and oxygen atoms in total. The van der Waals surface area contributed by atoms with E-state index in [1.54, 1.807) is 0 Å². The van der Waals surface area contributed by atoms with Crippen molar-refractivity contribution in [3.8, 4) is 17.2 Å². The molecule has 3 unspecified atom stereocenters. The third kappa shape index (κ3) is 7.92. The van der Waals surface area contributed by atoms with E-state index in [-0.39, 0.29) is 32.9 Å². The van der Waals surface area contributed by atoms with Gasteiger partial charge in [0.2, 0.25) is 0 Å². The summed E-state index contributed by atoms with van der Waals surface area (Å²) >= 11 is 0. The van der Waals surface area contributed by atoms with Gasteiger partial charge in [-0.05, 0) is 32.9 Å². The highest BCUT2D eigenvalue weighted by molar-refractivity contribution is 7.88. The molecule has 36 heavy (non-hydrogen) atoms. The fraction of sp³-hybridized carbons (Fsp3) is 0.600. The first-order valence-corrected chi connectivity index (χ1v) is 13.3. The lowest BCUT2D eigenvalue weighted by molar-refractivity contribution is -0.129. The van der Waals surface area contributed by atoms with E-state index in [1.807, 2.05) is 0 Å². The highest BCUT2D eigenvalue weighted by atomic mass is 32.2. The molecule has 0 aliphatic heterocycles. The van der Waals surface area contributed by atoms with Crippen molar-refractivity contribution in [1.29, 1.82) is 0 Å². The SMILES string of the molecule is CC(C(F)(F)F)S(=O)(=O)Oc1ccc(OS(=O)(=O)C(C)C(F)(F)F)c(OS(=O)(=O)C(C)C(F)(F)F)c1. The Morgan fingerprint density at radius 2 is 0.861 bits per heavy atom. The van der Waals surface area contributed by atoms with Crippen LogP contribution in [0, 0.1) is 0 Å². The molecular formula is C15H15F9O9S3. The maximum absolute atomic E-state index is 12.8. The molecule has 0 aliphatic rings. The molecule has 1 rings (SSSR count). The summed E-state index contributed by atoms with van der Waals surface area (Å²) in [6.45, 7) is 0.305. The van der Waals surface area contributed by atoms with Gasteiger partial charge in [-0.1, -0.05) is 0 Å². The Morgan fingerprint density at radius 3 is 1.19 bits per heavy atom. The van der Waals surface area contributed by atoms with Crippen molar-refractivity contribution in [3.05, 3.63) is 18.2 Å². The van der Waals surface area contributed by atoms with Crippen molar-refractivity contribution >= 4 is 30.4 Å². The fourth-order valence-electron chi connectivity index (χ4n) is 1.77. The lowest BCUT2D eigenvalue weighted by atomic mass is 10.3. The maximum atomic E-state index is 12.8. The molecule has 0 saturated carbocycles. The summed E-state index contributed by atoms with van der Waals surface area (Å²) in [5, 5.41) is -9.75. The highest BCUT2D eigenvalue weighted by Crippen LogP contribution is 2.39. The molecule has 3 atom stereocenters.